The third-order valence-corrected chi connectivity index (χ3v) is 5.80. The van der Waals surface area contributed by atoms with Gasteiger partial charge < -0.3 is 15.0 Å². The van der Waals surface area contributed by atoms with Crippen molar-refractivity contribution >= 4 is 34.9 Å². The van der Waals surface area contributed by atoms with Crippen LogP contribution in [0.3, 0.4) is 0 Å². The molecule has 0 aromatic heterocycles. The van der Waals surface area contributed by atoms with Crippen molar-refractivity contribution < 1.29 is 44.6 Å². The first-order chi connectivity index (χ1) is 13.3. The molecular formula is C22H22Cl2NNaO3. The summed E-state index contributed by atoms with van der Waals surface area (Å²) < 4.78 is 0. The molecule has 0 unspecified atom stereocenters. The summed E-state index contributed by atoms with van der Waals surface area (Å²) in [5.74, 6) is -0.849. The summed E-state index contributed by atoms with van der Waals surface area (Å²) >= 11 is 12.2. The van der Waals surface area contributed by atoms with Crippen LogP contribution in [0.25, 0.3) is 0 Å². The molecule has 0 bridgehead atoms. The molecule has 0 amide bonds. The fourth-order valence-corrected chi connectivity index (χ4v) is 4.06. The van der Waals surface area contributed by atoms with Crippen LogP contribution >= 0.6 is 23.2 Å². The Hall–Kier alpha value is -1.04. The monoisotopic (exact) mass is 441 g/mol. The second-order valence-corrected chi connectivity index (χ2v) is 8.22. The maximum absolute atomic E-state index is 11.0. The minimum atomic E-state index is -0.955. The minimum absolute atomic E-state index is 0. The van der Waals surface area contributed by atoms with Gasteiger partial charge in [0.1, 0.15) is 5.75 Å². The predicted molar refractivity (Wildman–Crippen MR) is 110 cm³/mol. The number of hydrogen-bond acceptors (Lipinski definition) is 4. The van der Waals surface area contributed by atoms with Crippen molar-refractivity contribution in [2.75, 3.05) is 6.54 Å². The number of carboxylic acids is 1. The molecule has 3 rings (SSSR count). The molecule has 0 aliphatic heterocycles. The third-order valence-electron chi connectivity index (χ3n) is 5.33. The van der Waals surface area contributed by atoms with E-state index in [2.05, 4.69) is 0 Å². The van der Waals surface area contributed by atoms with E-state index in [0.29, 0.717) is 52.2 Å². The van der Waals surface area contributed by atoms with E-state index < -0.39 is 5.97 Å². The van der Waals surface area contributed by atoms with E-state index in [-0.39, 0.29) is 41.2 Å². The van der Waals surface area contributed by atoms with E-state index in [9.17, 15) is 15.0 Å². The van der Waals surface area contributed by atoms with E-state index in [0.717, 1.165) is 18.4 Å². The maximum atomic E-state index is 11.0. The predicted octanol–water partition coefficient (Wildman–Crippen LogP) is 1.41. The number of aliphatic carboxylic acids is 1. The first-order valence-corrected chi connectivity index (χ1v) is 10.1. The molecule has 0 spiro atoms. The number of carbonyl (C=O) groups is 1. The number of halogens is 2. The molecule has 2 aromatic carbocycles. The summed E-state index contributed by atoms with van der Waals surface area (Å²) in [5.41, 5.74) is 2.75. The Balaban J connectivity index is 0.00000300. The van der Waals surface area contributed by atoms with Crippen molar-refractivity contribution in [3.63, 3.8) is 0 Å². The second kappa shape index (κ2) is 10.8. The third kappa shape index (κ3) is 6.22. The van der Waals surface area contributed by atoms with Crippen LogP contribution in [0.5, 0.6) is 5.75 Å². The number of carboxylic acid groups (broad SMARTS) is 1. The second-order valence-electron chi connectivity index (χ2n) is 7.35. The number of hydrogen-bond donors (Lipinski definition) is 1. The number of phenols is 1. The molecule has 1 aliphatic carbocycles. The Labute approximate surface area is 203 Å². The number of aromatic hydroxyl groups is 1. The van der Waals surface area contributed by atoms with Crippen LogP contribution in [0, 0.1) is 18.8 Å². The maximum Gasteiger partial charge on any atom is 1.00 e. The molecule has 1 saturated carbocycles. The number of aliphatic imine (C=N–C) groups is 1. The van der Waals surface area contributed by atoms with Gasteiger partial charge in [-0.05, 0) is 74.3 Å². The summed E-state index contributed by atoms with van der Waals surface area (Å²) in [5, 5.41) is 22.8. The largest absolute Gasteiger partial charge is 1.00 e. The van der Waals surface area contributed by atoms with Gasteiger partial charge in [0.25, 0.3) is 0 Å². The molecule has 0 radical (unpaired) electrons. The average Bonchev–Trinajstić information content (AvgIpc) is 2.67. The van der Waals surface area contributed by atoms with E-state index >= 15 is 0 Å². The van der Waals surface area contributed by atoms with Crippen molar-refractivity contribution in [2.24, 2.45) is 16.8 Å². The van der Waals surface area contributed by atoms with Crippen molar-refractivity contribution in [3.05, 3.63) is 63.1 Å². The van der Waals surface area contributed by atoms with Crippen molar-refractivity contribution in [1.82, 2.24) is 0 Å². The Morgan fingerprint density at radius 3 is 2.31 bits per heavy atom. The quantitative estimate of drug-likeness (QED) is 0.562. The SMILES string of the molecule is Cc1cc(Cl)cc(C(=NCC2CCC(C(=O)[O-])CC2)c2ccc(Cl)cc2)c1O.[Na+]. The van der Waals surface area contributed by atoms with Crippen LogP contribution < -0.4 is 34.7 Å². The van der Waals surface area contributed by atoms with E-state index in [4.69, 9.17) is 28.2 Å². The molecule has 0 saturated heterocycles. The van der Waals surface area contributed by atoms with Crippen molar-refractivity contribution in [2.45, 2.75) is 32.6 Å². The van der Waals surface area contributed by atoms with Crippen LogP contribution in [0.4, 0.5) is 0 Å². The molecule has 4 nitrogen and oxygen atoms in total. The van der Waals surface area contributed by atoms with Crippen molar-refractivity contribution in [3.8, 4) is 5.75 Å². The number of carbonyl (C=O) groups excluding carboxylic acids is 1. The zero-order chi connectivity index (χ0) is 20.3. The van der Waals surface area contributed by atoms with Gasteiger partial charge in [-0.1, -0.05) is 35.3 Å². The normalized spacial score (nSPS) is 19.5. The fraction of sp³-hybridized carbons (Fsp3) is 0.364. The molecule has 0 heterocycles. The van der Waals surface area contributed by atoms with Gasteiger partial charge in [0, 0.05) is 33.7 Å². The Morgan fingerprint density at radius 2 is 1.72 bits per heavy atom. The zero-order valence-corrected chi connectivity index (χ0v) is 20.1. The number of rotatable bonds is 5. The molecule has 148 valence electrons. The molecule has 7 heteroatoms. The van der Waals surface area contributed by atoms with Gasteiger partial charge in [0.05, 0.1) is 5.71 Å². The number of nitrogens with zero attached hydrogens (tertiary/aromatic N) is 1. The van der Waals surface area contributed by atoms with Crippen LogP contribution in [-0.4, -0.2) is 23.3 Å². The number of phenolic OH excluding ortho intramolecular Hbond substituents is 1. The van der Waals surface area contributed by atoms with Crippen LogP contribution in [0.2, 0.25) is 10.0 Å². The van der Waals surface area contributed by atoms with E-state index in [1.54, 1.807) is 31.2 Å². The van der Waals surface area contributed by atoms with Gasteiger partial charge in [0.15, 0.2) is 0 Å². The minimum Gasteiger partial charge on any atom is -0.550 e. The van der Waals surface area contributed by atoms with Gasteiger partial charge in [-0.25, -0.2) is 0 Å². The molecule has 0 atom stereocenters. The van der Waals surface area contributed by atoms with Gasteiger partial charge in [-0.2, -0.15) is 0 Å². The summed E-state index contributed by atoms with van der Waals surface area (Å²) in [6.45, 7) is 2.36. The van der Waals surface area contributed by atoms with Gasteiger partial charge >= 0.3 is 29.6 Å². The first-order valence-electron chi connectivity index (χ1n) is 9.36. The molecular weight excluding hydrogens is 420 g/mol. The van der Waals surface area contributed by atoms with Crippen LogP contribution in [-0.2, 0) is 4.79 Å². The van der Waals surface area contributed by atoms with Crippen molar-refractivity contribution in [1.29, 1.82) is 0 Å². The molecule has 1 aliphatic rings. The summed E-state index contributed by atoms with van der Waals surface area (Å²) in [7, 11) is 0. The Morgan fingerprint density at radius 1 is 1.10 bits per heavy atom. The number of benzene rings is 2. The molecule has 2 aromatic rings. The summed E-state index contributed by atoms with van der Waals surface area (Å²) in [6, 6.07) is 10.7. The fourth-order valence-electron chi connectivity index (χ4n) is 3.66. The van der Waals surface area contributed by atoms with Gasteiger partial charge in [0.2, 0.25) is 0 Å². The van der Waals surface area contributed by atoms with E-state index in [1.165, 1.54) is 0 Å². The van der Waals surface area contributed by atoms with Gasteiger partial charge in [-0.3, -0.25) is 4.99 Å². The van der Waals surface area contributed by atoms with E-state index in [1.807, 2.05) is 12.1 Å². The molecule has 1 N–H and O–H groups in total. The summed E-state index contributed by atoms with van der Waals surface area (Å²) in [4.78, 5) is 15.9. The van der Waals surface area contributed by atoms with Crippen LogP contribution in [0.1, 0.15) is 42.4 Å². The average molecular weight is 442 g/mol. The Bertz CT molecular complexity index is 892. The first kappa shape index (κ1) is 24.2. The topological polar surface area (TPSA) is 72.7 Å². The Kier molecular flexibility index (Phi) is 9.05. The standard InChI is InChI=1S/C22H23Cl2NO3.Na/c1-13-10-18(24)11-19(21(13)26)20(15-6-8-17(23)9-7-15)25-12-14-2-4-16(5-3-14)22(27)28;/h6-11,14,16,26H,2-5,12H2,1H3,(H,27,28);/q;+1/p-1. The number of aryl methyl sites for hydroxylation is 1. The summed E-state index contributed by atoms with van der Waals surface area (Å²) in [6.07, 6.45) is 2.86. The van der Waals surface area contributed by atoms with Gasteiger partial charge in [-0.15, -0.1) is 0 Å². The molecule has 1 fully saturated rings. The smallest absolute Gasteiger partial charge is 0.550 e. The molecule has 29 heavy (non-hydrogen) atoms. The van der Waals surface area contributed by atoms with Crippen LogP contribution in [0.15, 0.2) is 41.4 Å². The zero-order valence-electron chi connectivity index (χ0n) is 16.6.